The molecule has 0 N–H and O–H groups in total. The van der Waals surface area contributed by atoms with Gasteiger partial charge in [-0.3, -0.25) is 24.4 Å². The number of nitrogens with zero attached hydrogens (tertiary/aromatic N) is 4. The number of aryl methyl sites for hydroxylation is 1. The van der Waals surface area contributed by atoms with Crippen LogP contribution in [0.3, 0.4) is 0 Å². The summed E-state index contributed by atoms with van der Waals surface area (Å²) in [4.78, 5) is 36.1. The predicted octanol–water partition coefficient (Wildman–Crippen LogP) is 0.587. The Morgan fingerprint density at radius 1 is 1.32 bits per heavy atom. The molecule has 1 saturated heterocycles. The summed E-state index contributed by atoms with van der Waals surface area (Å²) in [5, 5.41) is 14.9. The van der Waals surface area contributed by atoms with E-state index in [0.29, 0.717) is 13.1 Å². The minimum absolute atomic E-state index is 0.0707. The molecule has 2 atom stereocenters. The van der Waals surface area contributed by atoms with Crippen LogP contribution in [0.4, 0.5) is 5.69 Å². The molecule has 0 bridgehead atoms. The Kier molecular flexibility index (Phi) is 5.73. The van der Waals surface area contributed by atoms with E-state index >= 15 is 0 Å². The van der Waals surface area contributed by atoms with Crippen molar-refractivity contribution in [1.82, 2.24) is 14.7 Å². The lowest BCUT2D eigenvalue weighted by atomic mass is 10.2. The molecule has 0 aromatic carbocycles. The van der Waals surface area contributed by atoms with Gasteiger partial charge in [0.15, 0.2) is 6.61 Å². The maximum atomic E-state index is 12.1. The highest BCUT2D eigenvalue weighted by Crippen LogP contribution is 2.21. The first-order chi connectivity index (χ1) is 11.7. The van der Waals surface area contributed by atoms with E-state index in [2.05, 4.69) is 5.10 Å². The minimum atomic E-state index is -0.678. The lowest BCUT2D eigenvalue weighted by Crippen LogP contribution is -2.49. The van der Waals surface area contributed by atoms with Crippen LogP contribution >= 0.6 is 0 Å². The lowest BCUT2D eigenvalue weighted by Gasteiger charge is -2.35. The quantitative estimate of drug-likeness (QED) is 0.431. The predicted molar refractivity (Wildman–Crippen MR) is 85.9 cm³/mol. The fourth-order valence-electron chi connectivity index (χ4n) is 2.89. The monoisotopic (exact) mass is 354 g/mol. The highest BCUT2D eigenvalue weighted by molar-refractivity contribution is 5.80. The normalized spacial score (nSPS) is 20.4. The van der Waals surface area contributed by atoms with Crippen LogP contribution in [0.25, 0.3) is 0 Å². The van der Waals surface area contributed by atoms with E-state index < -0.39 is 10.9 Å². The van der Waals surface area contributed by atoms with Gasteiger partial charge in [-0.15, -0.1) is 0 Å². The van der Waals surface area contributed by atoms with Gasteiger partial charge in [0.25, 0.3) is 5.91 Å². The first kappa shape index (κ1) is 18.8. The molecule has 1 aliphatic heterocycles. The van der Waals surface area contributed by atoms with Gasteiger partial charge in [0, 0.05) is 13.1 Å². The Bertz CT molecular complexity index is 676. The van der Waals surface area contributed by atoms with Gasteiger partial charge in [-0.25, -0.2) is 0 Å². The second-order valence-electron chi connectivity index (χ2n) is 6.15. The molecule has 0 unspecified atom stereocenters. The number of carbonyl (C=O) groups excluding carboxylic acids is 2. The van der Waals surface area contributed by atoms with Gasteiger partial charge in [-0.05, 0) is 27.7 Å². The number of aromatic nitrogens is 2. The molecule has 0 aliphatic carbocycles. The molecular formula is C15H22N4O6. The molecule has 2 rings (SSSR count). The van der Waals surface area contributed by atoms with Crippen LogP contribution in [-0.2, 0) is 25.6 Å². The summed E-state index contributed by atoms with van der Waals surface area (Å²) in [7, 11) is 0. The second-order valence-corrected chi connectivity index (χ2v) is 6.15. The highest BCUT2D eigenvalue weighted by Gasteiger charge is 2.27. The standard InChI is InChI=1S/C15H22N4O6/c1-9-5-17(6-10(2)25-9)13(20)8-24-14(21)7-18-12(4)15(19(22)23)11(3)16-18/h9-10H,5-8H2,1-4H3/t9-,10+. The third-order valence-electron chi connectivity index (χ3n) is 3.93. The van der Waals surface area contributed by atoms with Crippen LogP contribution in [-0.4, -0.2) is 63.4 Å². The van der Waals surface area contributed by atoms with Crippen molar-refractivity contribution in [3.8, 4) is 0 Å². The van der Waals surface area contributed by atoms with Crippen molar-refractivity contribution < 1.29 is 24.0 Å². The number of morpholine rings is 1. The number of amides is 1. The first-order valence-corrected chi connectivity index (χ1v) is 7.96. The molecule has 138 valence electrons. The van der Waals surface area contributed by atoms with E-state index in [1.807, 2.05) is 13.8 Å². The number of esters is 1. The fraction of sp³-hybridized carbons (Fsp3) is 0.667. The Labute approximate surface area is 144 Å². The summed E-state index contributed by atoms with van der Waals surface area (Å²) in [6.07, 6.45) is -0.141. The maximum Gasteiger partial charge on any atom is 0.328 e. The van der Waals surface area contributed by atoms with Crippen LogP contribution < -0.4 is 0 Å². The first-order valence-electron chi connectivity index (χ1n) is 7.96. The summed E-state index contributed by atoms with van der Waals surface area (Å²) in [6.45, 7) is 6.98. The zero-order valence-electron chi connectivity index (χ0n) is 14.7. The largest absolute Gasteiger partial charge is 0.454 e. The molecular weight excluding hydrogens is 332 g/mol. The smallest absolute Gasteiger partial charge is 0.328 e. The van der Waals surface area contributed by atoms with E-state index in [0.717, 1.165) is 0 Å². The summed E-state index contributed by atoms with van der Waals surface area (Å²) in [5.41, 5.74) is 0.365. The molecule has 10 nitrogen and oxygen atoms in total. The third-order valence-corrected chi connectivity index (χ3v) is 3.93. The topological polar surface area (TPSA) is 117 Å². The zero-order chi connectivity index (χ0) is 18.7. The van der Waals surface area contributed by atoms with E-state index in [-0.39, 0.29) is 48.3 Å². The van der Waals surface area contributed by atoms with E-state index in [9.17, 15) is 19.7 Å². The summed E-state index contributed by atoms with van der Waals surface area (Å²) in [5.74, 6) is -0.974. The molecule has 1 aliphatic rings. The van der Waals surface area contributed by atoms with E-state index in [1.54, 1.807) is 4.90 Å². The molecule has 2 heterocycles. The minimum Gasteiger partial charge on any atom is -0.454 e. The summed E-state index contributed by atoms with van der Waals surface area (Å²) in [6, 6.07) is 0. The number of hydrogen-bond acceptors (Lipinski definition) is 7. The fourth-order valence-corrected chi connectivity index (χ4v) is 2.89. The van der Waals surface area contributed by atoms with Crippen molar-refractivity contribution in [2.24, 2.45) is 0 Å². The van der Waals surface area contributed by atoms with Crippen molar-refractivity contribution in [3.63, 3.8) is 0 Å². The molecule has 0 radical (unpaired) electrons. The molecule has 1 aromatic heterocycles. The van der Waals surface area contributed by atoms with Crippen molar-refractivity contribution in [2.75, 3.05) is 19.7 Å². The maximum absolute atomic E-state index is 12.1. The van der Waals surface area contributed by atoms with Gasteiger partial charge in [0.05, 0.1) is 17.1 Å². The molecule has 1 fully saturated rings. The molecule has 1 amide bonds. The SMILES string of the molecule is Cc1nn(CC(=O)OCC(=O)N2C[C@@H](C)O[C@@H](C)C2)c(C)c1[N+](=O)[O-]. The summed E-state index contributed by atoms with van der Waals surface area (Å²) < 4.78 is 11.8. The van der Waals surface area contributed by atoms with Crippen molar-refractivity contribution in [3.05, 3.63) is 21.5 Å². The van der Waals surface area contributed by atoms with Crippen molar-refractivity contribution >= 4 is 17.6 Å². The molecule has 0 spiro atoms. The van der Waals surface area contributed by atoms with Gasteiger partial charge >= 0.3 is 11.7 Å². The van der Waals surface area contributed by atoms with Crippen LogP contribution in [0.15, 0.2) is 0 Å². The number of rotatable bonds is 5. The van der Waals surface area contributed by atoms with Gasteiger partial charge in [0.1, 0.15) is 17.9 Å². The van der Waals surface area contributed by atoms with Crippen LogP contribution in [0.1, 0.15) is 25.2 Å². The number of hydrogen-bond donors (Lipinski definition) is 0. The van der Waals surface area contributed by atoms with E-state index in [1.165, 1.54) is 18.5 Å². The highest BCUT2D eigenvalue weighted by atomic mass is 16.6. The second kappa shape index (κ2) is 7.60. The van der Waals surface area contributed by atoms with Crippen LogP contribution in [0.2, 0.25) is 0 Å². The number of ether oxygens (including phenoxy) is 2. The number of nitro groups is 1. The van der Waals surface area contributed by atoms with Gasteiger partial charge in [-0.2, -0.15) is 5.10 Å². The molecule has 25 heavy (non-hydrogen) atoms. The van der Waals surface area contributed by atoms with Crippen LogP contribution in [0, 0.1) is 24.0 Å². The van der Waals surface area contributed by atoms with Gasteiger partial charge in [0.2, 0.25) is 0 Å². The van der Waals surface area contributed by atoms with Crippen molar-refractivity contribution in [2.45, 2.75) is 46.4 Å². The van der Waals surface area contributed by atoms with Gasteiger partial charge < -0.3 is 14.4 Å². The zero-order valence-corrected chi connectivity index (χ0v) is 14.7. The molecule has 0 saturated carbocycles. The Balaban J connectivity index is 1.90. The van der Waals surface area contributed by atoms with Crippen molar-refractivity contribution in [1.29, 1.82) is 0 Å². The Hall–Kier alpha value is -2.49. The molecule has 1 aromatic rings. The van der Waals surface area contributed by atoms with E-state index in [4.69, 9.17) is 9.47 Å². The average molecular weight is 354 g/mol. The third kappa shape index (κ3) is 4.53. The van der Waals surface area contributed by atoms with Crippen LogP contribution in [0.5, 0.6) is 0 Å². The Morgan fingerprint density at radius 2 is 1.92 bits per heavy atom. The average Bonchev–Trinajstić information content (AvgIpc) is 2.77. The molecule has 10 heteroatoms. The summed E-state index contributed by atoms with van der Waals surface area (Å²) >= 11 is 0. The Morgan fingerprint density at radius 3 is 2.44 bits per heavy atom. The number of carbonyl (C=O) groups is 2. The van der Waals surface area contributed by atoms with Gasteiger partial charge in [-0.1, -0.05) is 0 Å². The lowest BCUT2D eigenvalue weighted by molar-refractivity contribution is -0.386.